The standard InChI is InChI=1S/C14H18F2N2O.ClH/c1-9-7-10(5-6-17-9)18-14(19)8-11-12(15)3-2-4-13(11)16;/h2-4,9-10,17H,5-8H2,1H3,(H,18,19);1H. The highest BCUT2D eigenvalue weighted by Gasteiger charge is 2.21. The van der Waals surface area contributed by atoms with Gasteiger partial charge in [-0.15, -0.1) is 12.4 Å². The molecule has 0 spiro atoms. The second-order valence-electron chi connectivity index (χ2n) is 5.02. The summed E-state index contributed by atoms with van der Waals surface area (Å²) in [5.41, 5.74) is -0.165. The molecule has 0 bridgehead atoms. The molecule has 0 aromatic heterocycles. The molecule has 6 heteroatoms. The van der Waals surface area contributed by atoms with Crippen molar-refractivity contribution in [3.63, 3.8) is 0 Å². The van der Waals surface area contributed by atoms with E-state index in [1.807, 2.05) is 0 Å². The summed E-state index contributed by atoms with van der Waals surface area (Å²) in [5.74, 6) is -1.68. The van der Waals surface area contributed by atoms with Crippen LogP contribution >= 0.6 is 12.4 Å². The third kappa shape index (κ3) is 4.42. The Labute approximate surface area is 123 Å². The van der Waals surface area contributed by atoms with E-state index < -0.39 is 11.6 Å². The predicted molar refractivity (Wildman–Crippen MR) is 75.9 cm³/mol. The lowest BCUT2D eigenvalue weighted by atomic mass is 10.00. The minimum atomic E-state index is -0.672. The van der Waals surface area contributed by atoms with E-state index in [4.69, 9.17) is 0 Å². The second kappa shape index (κ2) is 7.55. The summed E-state index contributed by atoms with van der Waals surface area (Å²) in [7, 11) is 0. The fourth-order valence-corrected chi connectivity index (χ4v) is 2.40. The van der Waals surface area contributed by atoms with Gasteiger partial charge in [-0.05, 0) is 38.4 Å². The molecule has 2 N–H and O–H groups in total. The van der Waals surface area contributed by atoms with E-state index in [9.17, 15) is 13.6 Å². The van der Waals surface area contributed by atoms with Crippen LogP contribution in [-0.2, 0) is 11.2 Å². The molecule has 2 atom stereocenters. The van der Waals surface area contributed by atoms with E-state index in [1.54, 1.807) is 0 Å². The van der Waals surface area contributed by atoms with Gasteiger partial charge in [-0.3, -0.25) is 4.79 Å². The third-order valence-electron chi connectivity index (χ3n) is 3.39. The topological polar surface area (TPSA) is 41.1 Å². The number of halogens is 3. The van der Waals surface area contributed by atoms with E-state index in [-0.39, 0.29) is 36.3 Å². The van der Waals surface area contributed by atoms with Crippen molar-refractivity contribution in [3.8, 4) is 0 Å². The third-order valence-corrected chi connectivity index (χ3v) is 3.39. The average Bonchev–Trinajstić information content (AvgIpc) is 2.34. The summed E-state index contributed by atoms with van der Waals surface area (Å²) in [5, 5.41) is 6.12. The fraction of sp³-hybridized carbons (Fsp3) is 0.500. The van der Waals surface area contributed by atoms with E-state index >= 15 is 0 Å². The summed E-state index contributed by atoms with van der Waals surface area (Å²) in [6.07, 6.45) is 1.43. The summed E-state index contributed by atoms with van der Waals surface area (Å²) in [6.45, 7) is 2.90. The quantitative estimate of drug-likeness (QED) is 0.899. The number of carbonyl (C=O) groups excluding carboxylic acids is 1. The first-order valence-electron chi connectivity index (χ1n) is 6.52. The summed E-state index contributed by atoms with van der Waals surface area (Å²) in [6, 6.07) is 4.06. The number of amides is 1. The lowest BCUT2D eigenvalue weighted by Gasteiger charge is -2.28. The number of piperidine rings is 1. The number of rotatable bonds is 3. The predicted octanol–water partition coefficient (Wildman–Crippen LogP) is 2.19. The number of nitrogens with one attached hydrogen (secondary N) is 2. The van der Waals surface area contributed by atoms with Crippen molar-refractivity contribution in [3.05, 3.63) is 35.4 Å². The van der Waals surface area contributed by atoms with Crippen LogP contribution in [0.25, 0.3) is 0 Å². The molecule has 1 saturated heterocycles. The Hall–Kier alpha value is -1.20. The summed E-state index contributed by atoms with van der Waals surface area (Å²) >= 11 is 0. The Morgan fingerprint density at radius 2 is 2.05 bits per heavy atom. The zero-order chi connectivity index (χ0) is 13.8. The largest absolute Gasteiger partial charge is 0.353 e. The summed E-state index contributed by atoms with van der Waals surface area (Å²) < 4.78 is 26.8. The van der Waals surface area contributed by atoms with Gasteiger partial charge in [0.25, 0.3) is 0 Å². The van der Waals surface area contributed by atoms with Crippen LogP contribution in [0.2, 0.25) is 0 Å². The van der Waals surface area contributed by atoms with Gasteiger partial charge in [0.15, 0.2) is 0 Å². The van der Waals surface area contributed by atoms with Gasteiger partial charge >= 0.3 is 0 Å². The lowest BCUT2D eigenvalue weighted by molar-refractivity contribution is -0.121. The van der Waals surface area contributed by atoms with E-state index in [1.165, 1.54) is 6.07 Å². The van der Waals surface area contributed by atoms with Gasteiger partial charge in [-0.2, -0.15) is 0 Å². The second-order valence-corrected chi connectivity index (χ2v) is 5.02. The average molecular weight is 305 g/mol. The number of carbonyl (C=O) groups is 1. The van der Waals surface area contributed by atoms with Crippen molar-refractivity contribution in [1.29, 1.82) is 0 Å². The van der Waals surface area contributed by atoms with Gasteiger partial charge < -0.3 is 10.6 Å². The highest BCUT2D eigenvalue weighted by atomic mass is 35.5. The van der Waals surface area contributed by atoms with Gasteiger partial charge in [-0.1, -0.05) is 6.07 Å². The van der Waals surface area contributed by atoms with Crippen molar-refractivity contribution in [2.45, 2.75) is 38.3 Å². The normalized spacial score (nSPS) is 21.9. The van der Waals surface area contributed by atoms with Crippen LogP contribution in [0.15, 0.2) is 18.2 Å². The molecule has 2 unspecified atom stereocenters. The highest BCUT2D eigenvalue weighted by molar-refractivity contribution is 5.85. The lowest BCUT2D eigenvalue weighted by Crippen LogP contribution is -2.47. The van der Waals surface area contributed by atoms with Crippen molar-refractivity contribution < 1.29 is 13.6 Å². The molecule has 1 aromatic rings. The Bertz CT molecular complexity index is 450. The van der Waals surface area contributed by atoms with Crippen molar-refractivity contribution >= 4 is 18.3 Å². The van der Waals surface area contributed by atoms with Crippen molar-refractivity contribution in [2.75, 3.05) is 6.54 Å². The van der Waals surface area contributed by atoms with Crippen LogP contribution in [-0.4, -0.2) is 24.5 Å². The maximum Gasteiger partial charge on any atom is 0.224 e. The molecule has 1 aliphatic rings. The number of hydrogen-bond acceptors (Lipinski definition) is 2. The molecule has 0 saturated carbocycles. The molecule has 112 valence electrons. The first-order valence-corrected chi connectivity index (χ1v) is 6.52. The number of benzene rings is 1. The molecule has 2 rings (SSSR count). The SMILES string of the molecule is CC1CC(NC(=O)Cc2c(F)cccc2F)CCN1.Cl. The Morgan fingerprint density at radius 3 is 2.65 bits per heavy atom. The molecule has 1 heterocycles. The molecule has 1 fully saturated rings. The molecule has 1 amide bonds. The fourth-order valence-electron chi connectivity index (χ4n) is 2.40. The van der Waals surface area contributed by atoms with E-state index in [2.05, 4.69) is 17.6 Å². The van der Waals surface area contributed by atoms with E-state index in [0.29, 0.717) is 6.04 Å². The number of hydrogen-bond donors (Lipinski definition) is 2. The minimum absolute atomic E-state index is 0. The maximum atomic E-state index is 13.4. The van der Waals surface area contributed by atoms with Gasteiger partial charge in [0.05, 0.1) is 6.42 Å². The Morgan fingerprint density at radius 1 is 1.40 bits per heavy atom. The highest BCUT2D eigenvalue weighted by Crippen LogP contribution is 2.13. The zero-order valence-corrected chi connectivity index (χ0v) is 12.1. The Kier molecular flexibility index (Phi) is 6.36. The van der Waals surface area contributed by atoms with Crippen LogP contribution in [0.5, 0.6) is 0 Å². The molecular weight excluding hydrogens is 286 g/mol. The van der Waals surface area contributed by atoms with Crippen LogP contribution in [0, 0.1) is 11.6 Å². The van der Waals surface area contributed by atoms with Crippen molar-refractivity contribution in [2.24, 2.45) is 0 Å². The van der Waals surface area contributed by atoms with Gasteiger partial charge in [0.1, 0.15) is 11.6 Å². The molecular formula is C14H19ClF2N2O. The molecule has 0 radical (unpaired) electrons. The van der Waals surface area contributed by atoms with Crippen LogP contribution in [0.4, 0.5) is 8.78 Å². The van der Waals surface area contributed by atoms with E-state index in [0.717, 1.165) is 31.5 Å². The first-order chi connectivity index (χ1) is 9.06. The zero-order valence-electron chi connectivity index (χ0n) is 11.3. The van der Waals surface area contributed by atoms with Crippen LogP contribution < -0.4 is 10.6 Å². The monoisotopic (exact) mass is 304 g/mol. The van der Waals surface area contributed by atoms with Gasteiger partial charge in [0, 0.05) is 17.6 Å². The molecule has 0 aliphatic carbocycles. The summed E-state index contributed by atoms with van der Waals surface area (Å²) in [4.78, 5) is 11.8. The van der Waals surface area contributed by atoms with Gasteiger partial charge in [-0.25, -0.2) is 8.78 Å². The maximum absolute atomic E-state index is 13.4. The Balaban J connectivity index is 0.00000200. The molecule has 3 nitrogen and oxygen atoms in total. The molecule has 1 aliphatic heterocycles. The van der Waals surface area contributed by atoms with Crippen molar-refractivity contribution in [1.82, 2.24) is 10.6 Å². The molecule has 1 aromatic carbocycles. The van der Waals surface area contributed by atoms with Crippen LogP contribution in [0.3, 0.4) is 0 Å². The molecule has 20 heavy (non-hydrogen) atoms. The van der Waals surface area contributed by atoms with Crippen LogP contribution in [0.1, 0.15) is 25.3 Å². The smallest absolute Gasteiger partial charge is 0.224 e. The minimum Gasteiger partial charge on any atom is -0.353 e. The first kappa shape index (κ1) is 16.9. The van der Waals surface area contributed by atoms with Gasteiger partial charge in [0.2, 0.25) is 5.91 Å².